The van der Waals surface area contributed by atoms with Crippen LogP contribution in [0.25, 0.3) is 0 Å². The summed E-state index contributed by atoms with van der Waals surface area (Å²) < 4.78 is 13.0. The number of amides is 3. The van der Waals surface area contributed by atoms with Crippen molar-refractivity contribution >= 4 is 23.3 Å². The summed E-state index contributed by atoms with van der Waals surface area (Å²) in [5.74, 6) is -0.739. The second kappa shape index (κ2) is 9.31. The molecule has 1 aliphatic heterocycles. The molecule has 32 heavy (non-hydrogen) atoms. The van der Waals surface area contributed by atoms with Gasteiger partial charge in [-0.3, -0.25) is 9.69 Å². The van der Waals surface area contributed by atoms with Crippen LogP contribution in [0.1, 0.15) is 27.9 Å². The first-order valence-electron chi connectivity index (χ1n) is 10.3. The van der Waals surface area contributed by atoms with E-state index in [4.69, 9.17) is 0 Å². The van der Waals surface area contributed by atoms with Crippen LogP contribution >= 0.6 is 0 Å². The molecule has 1 heterocycles. The fraction of sp³-hybridized carbons (Fsp3) is 0.160. The molecule has 0 aromatic heterocycles. The van der Waals surface area contributed by atoms with Gasteiger partial charge in [0.1, 0.15) is 5.82 Å². The summed E-state index contributed by atoms with van der Waals surface area (Å²) in [6.07, 6.45) is 0.809. The predicted octanol–water partition coefficient (Wildman–Crippen LogP) is 4.78. The smallest absolute Gasteiger partial charge is 0.322 e. The highest BCUT2D eigenvalue weighted by Crippen LogP contribution is 2.24. The minimum Gasteiger partial charge on any atom is -0.322 e. The molecule has 0 unspecified atom stereocenters. The van der Waals surface area contributed by atoms with E-state index < -0.39 is 5.82 Å². The predicted molar refractivity (Wildman–Crippen MR) is 120 cm³/mol. The first kappa shape index (κ1) is 21.1. The third-order valence-corrected chi connectivity index (χ3v) is 5.35. The Morgan fingerprint density at radius 2 is 1.72 bits per heavy atom. The van der Waals surface area contributed by atoms with E-state index in [2.05, 4.69) is 11.4 Å². The molecule has 160 valence electrons. The quantitative estimate of drug-likeness (QED) is 0.635. The van der Waals surface area contributed by atoms with E-state index in [1.54, 1.807) is 40.1 Å². The Labute approximate surface area is 185 Å². The van der Waals surface area contributed by atoms with Crippen molar-refractivity contribution in [3.8, 4) is 6.07 Å². The summed E-state index contributed by atoms with van der Waals surface area (Å²) in [5, 5.41) is 12.1. The maximum Gasteiger partial charge on any atom is 0.324 e. The molecule has 0 aliphatic carbocycles. The number of carbonyl (C=O) groups excluding carboxylic acids is 2. The van der Waals surface area contributed by atoms with Gasteiger partial charge in [-0.1, -0.05) is 18.2 Å². The van der Waals surface area contributed by atoms with E-state index in [0.717, 1.165) is 17.7 Å². The van der Waals surface area contributed by atoms with Crippen molar-refractivity contribution in [3.05, 3.63) is 95.3 Å². The minimum atomic E-state index is -0.401. The van der Waals surface area contributed by atoms with E-state index in [9.17, 15) is 19.2 Å². The number of hydrogen-bond acceptors (Lipinski definition) is 3. The Hall–Kier alpha value is -4.18. The number of halogens is 1. The standard InChI is InChI=1S/C25H21FN4O2/c26-21-8-6-18(7-9-21)24(31)28-22-10-12-23(13-11-22)30-15-3-14-29(25(30)32)17-20-5-2-1-4-19(20)16-27/h1-2,4-13H,3,14-15,17H2,(H,28,31). The molecule has 0 saturated carbocycles. The van der Waals surface area contributed by atoms with Gasteiger partial charge in [-0.25, -0.2) is 9.18 Å². The van der Waals surface area contributed by atoms with E-state index in [1.807, 2.05) is 18.2 Å². The van der Waals surface area contributed by atoms with Gasteiger partial charge in [-0.05, 0) is 66.6 Å². The van der Waals surface area contributed by atoms with Crippen LogP contribution in [0.5, 0.6) is 0 Å². The lowest BCUT2D eigenvalue weighted by Gasteiger charge is -2.36. The van der Waals surface area contributed by atoms with E-state index in [0.29, 0.717) is 36.4 Å². The molecule has 0 radical (unpaired) electrons. The Morgan fingerprint density at radius 1 is 1.00 bits per heavy atom. The zero-order valence-corrected chi connectivity index (χ0v) is 17.3. The summed E-state index contributed by atoms with van der Waals surface area (Å²) >= 11 is 0. The maximum atomic E-state index is 13.1. The summed E-state index contributed by atoms with van der Waals surface area (Å²) in [7, 11) is 0. The number of carbonyl (C=O) groups is 2. The zero-order chi connectivity index (χ0) is 22.5. The number of nitrogens with zero attached hydrogens (tertiary/aromatic N) is 3. The van der Waals surface area contributed by atoms with Gasteiger partial charge in [0.05, 0.1) is 11.6 Å². The number of hydrogen-bond donors (Lipinski definition) is 1. The van der Waals surface area contributed by atoms with Crippen LogP contribution in [0.15, 0.2) is 72.8 Å². The molecule has 0 spiro atoms. The number of urea groups is 1. The van der Waals surface area contributed by atoms with E-state index in [-0.39, 0.29) is 11.9 Å². The molecule has 1 fully saturated rings. The van der Waals surface area contributed by atoms with Crippen LogP contribution in [0.4, 0.5) is 20.6 Å². The fourth-order valence-corrected chi connectivity index (χ4v) is 3.67. The van der Waals surface area contributed by atoms with Gasteiger partial charge < -0.3 is 10.2 Å². The van der Waals surface area contributed by atoms with Crippen LogP contribution in [0.3, 0.4) is 0 Å². The second-order valence-corrected chi connectivity index (χ2v) is 7.49. The lowest BCUT2D eigenvalue weighted by atomic mass is 10.1. The van der Waals surface area contributed by atoms with Gasteiger partial charge >= 0.3 is 6.03 Å². The van der Waals surface area contributed by atoms with Crippen molar-refractivity contribution in [2.75, 3.05) is 23.3 Å². The lowest BCUT2D eigenvalue weighted by molar-refractivity contribution is 0.102. The van der Waals surface area contributed by atoms with Gasteiger partial charge in [0, 0.05) is 36.6 Å². The summed E-state index contributed by atoms with van der Waals surface area (Å²) in [6.45, 7) is 1.60. The highest BCUT2D eigenvalue weighted by molar-refractivity contribution is 6.04. The second-order valence-electron chi connectivity index (χ2n) is 7.49. The Morgan fingerprint density at radius 3 is 2.44 bits per heavy atom. The number of nitrogens with one attached hydrogen (secondary N) is 1. The molecule has 3 amide bonds. The molecular weight excluding hydrogens is 407 g/mol. The Balaban J connectivity index is 1.44. The summed E-state index contributed by atoms with van der Waals surface area (Å²) in [6, 6.07) is 21.7. The van der Waals surface area contributed by atoms with Crippen molar-refractivity contribution in [2.45, 2.75) is 13.0 Å². The first-order valence-corrected chi connectivity index (χ1v) is 10.3. The molecule has 0 atom stereocenters. The van der Waals surface area contributed by atoms with Gasteiger partial charge in [-0.2, -0.15) is 5.26 Å². The highest BCUT2D eigenvalue weighted by atomic mass is 19.1. The SMILES string of the molecule is N#Cc1ccccc1CN1CCCN(c2ccc(NC(=O)c3ccc(F)cc3)cc2)C1=O. The lowest BCUT2D eigenvalue weighted by Crippen LogP contribution is -2.49. The molecule has 4 rings (SSSR count). The van der Waals surface area contributed by atoms with Crippen molar-refractivity contribution in [3.63, 3.8) is 0 Å². The molecular formula is C25H21FN4O2. The van der Waals surface area contributed by atoms with Crippen LogP contribution in [0, 0.1) is 17.1 Å². The number of nitriles is 1. The third kappa shape index (κ3) is 4.60. The van der Waals surface area contributed by atoms with Crippen LogP contribution in [-0.4, -0.2) is 29.9 Å². The molecule has 1 aliphatic rings. The highest BCUT2D eigenvalue weighted by Gasteiger charge is 2.27. The summed E-state index contributed by atoms with van der Waals surface area (Å²) in [4.78, 5) is 28.8. The largest absolute Gasteiger partial charge is 0.324 e. The maximum absolute atomic E-state index is 13.1. The molecule has 3 aromatic rings. The molecule has 0 bridgehead atoms. The van der Waals surface area contributed by atoms with Crippen molar-refractivity contribution < 1.29 is 14.0 Å². The minimum absolute atomic E-state index is 0.118. The monoisotopic (exact) mass is 428 g/mol. The van der Waals surface area contributed by atoms with Gasteiger partial charge in [-0.15, -0.1) is 0 Å². The number of rotatable bonds is 5. The Bertz CT molecular complexity index is 1170. The van der Waals surface area contributed by atoms with Crippen LogP contribution in [-0.2, 0) is 6.54 Å². The fourth-order valence-electron chi connectivity index (χ4n) is 3.67. The van der Waals surface area contributed by atoms with Crippen molar-refractivity contribution in [2.24, 2.45) is 0 Å². The third-order valence-electron chi connectivity index (χ3n) is 5.35. The molecule has 1 saturated heterocycles. The summed E-state index contributed by atoms with van der Waals surface area (Å²) in [5.41, 5.74) is 3.05. The average molecular weight is 428 g/mol. The number of anilines is 2. The number of benzene rings is 3. The molecule has 7 heteroatoms. The van der Waals surface area contributed by atoms with E-state index >= 15 is 0 Å². The normalized spacial score (nSPS) is 13.6. The van der Waals surface area contributed by atoms with Gasteiger partial charge in [0.2, 0.25) is 0 Å². The molecule has 6 nitrogen and oxygen atoms in total. The average Bonchev–Trinajstić information content (AvgIpc) is 2.82. The Kier molecular flexibility index (Phi) is 6.13. The first-order chi connectivity index (χ1) is 15.5. The van der Waals surface area contributed by atoms with Crippen molar-refractivity contribution in [1.82, 2.24) is 4.90 Å². The molecule has 3 aromatic carbocycles. The molecule has 1 N–H and O–H groups in total. The topological polar surface area (TPSA) is 76.4 Å². The zero-order valence-electron chi connectivity index (χ0n) is 17.3. The van der Waals surface area contributed by atoms with Gasteiger partial charge in [0.15, 0.2) is 0 Å². The van der Waals surface area contributed by atoms with Gasteiger partial charge in [0.25, 0.3) is 5.91 Å². The van der Waals surface area contributed by atoms with E-state index in [1.165, 1.54) is 24.3 Å². The van der Waals surface area contributed by atoms with Crippen LogP contribution in [0.2, 0.25) is 0 Å². The van der Waals surface area contributed by atoms with Crippen molar-refractivity contribution in [1.29, 1.82) is 5.26 Å². The van der Waals surface area contributed by atoms with Crippen LogP contribution < -0.4 is 10.2 Å².